The number of fused-ring (bicyclic) bond motifs is 1. The first kappa shape index (κ1) is 26.8. The smallest absolute Gasteiger partial charge is 0.381 e. The molecule has 3 saturated heterocycles. The van der Waals surface area contributed by atoms with Crippen molar-refractivity contribution in [2.75, 3.05) is 61.8 Å². The van der Waals surface area contributed by atoms with Crippen molar-refractivity contribution in [3.8, 4) is 0 Å². The van der Waals surface area contributed by atoms with Crippen LogP contribution in [0.1, 0.15) is 18.1 Å². The van der Waals surface area contributed by atoms with Crippen LogP contribution < -0.4 is 9.62 Å². The lowest BCUT2D eigenvalue weighted by atomic mass is 10.0. The summed E-state index contributed by atoms with van der Waals surface area (Å²) in [5.74, 6) is 0.581. The Balaban J connectivity index is 1.25. The van der Waals surface area contributed by atoms with Gasteiger partial charge in [-0.1, -0.05) is 6.07 Å². The Morgan fingerprint density at radius 1 is 1.13 bits per heavy atom. The van der Waals surface area contributed by atoms with Crippen LogP contribution in [0.3, 0.4) is 0 Å². The summed E-state index contributed by atoms with van der Waals surface area (Å²) >= 11 is 0. The van der Waals surface area contributed by atoms with E-state index in [1.54, 1.807) is 11.0 Å². The van der Waals surface area contributed by atoms with E-state index in [-0.39, 0.29) is 35.4 Å². The average molecular weight is 557 g/mol. The number of alkyl halides is 3. The second-order valence-electron chi connectivity index (χ2n) is 10.4. The number of carbonyl (C=O) groups is 1. The van der Waals surface area contributed by atoms with E-state index in [1.807, 2.05) is 11.8 Å². The van der Waals surface area contributed by atoms with E-state index in [9.17, 15) is 26.4 Å². The summed E-state index contributed by atoms with van der Waals surface area (Å²) in [6.45, 7) is 6.13. The molecule has 2 unspecified atom stereocenters. The van der Waals surface area contributed by atoms with Crippen LogP contribution in [0.5, 0.6) is 0 Å². The lowest BCUT2D eigenvalue weighted by molar-refractivity contribution is -0.137. The van der Waals surface area contributed by atoms with Crippen molar-refractivity contribution in [2.24, 2.45) is 11.8 Å². The number of carbonyl (C=O) groups excluding carboxylic acids is 1. The zero-order valence-electron chi connectivity index (χ0n) is 21.2. The van der Waals surface area contributed by atoms with E-state index >= 15 is 0 Å². The Labute approximate surface area is 219 Å². The summed E-state index contributed by atoms with van der Waals surface area (Å²) in [6.07, 6.45) is -2.04. The van der Waals surface area contributed by atoms with Crippen LogP contribution >= 0.6 is 0 Å². The van der Waals surface area contributed by atoms with E-state index in [1.165, 1.54) is 24.4 Å². The number of hydrogen-bond acceptors (Lipinski definition) is 7. The monoisotopic (exact) mass is 556 g/mol. The van der Waals surface area contributed by atoms with Crippen LogP contribution in [-0.2, 0) is 27.5 Å². The Morgan fingerprint density at radius 3 is 2.47 bits per heavy atom. The number of benzene rings is 1. The highest BCUT2D eigenvalue weighted by Crippen LogP contribution is 2.41. The molecule has 0 saturated carbocycles. The van der Waals surface area contributed by atoms with Gasteiger partial charge < -0.3 is 14.5 Å². The van der Waals surface area contributed by atoms with Crippen LogP contribution in [0.2, 0.25) is 0 Å². The first-order valence-electron chi connectivity index (χ1n) is 12.5. The maximum Gasteiger partial charge on any atom is 0.418 e. The number of sulfonamides is 1. The second-order valence-corrected chi connectivity index (χ2v) is 12.1. The molecule has 14 heteroatoms. The van der Waals surface area contributed by atoms with Gasteiger partial charge in [0.05, 0.1) is 25.0 Å². The molecule has 3 atom stereocenters. The highest BCUT2D eigenvalue weighted by molar-refractivity contribution is 7.92. The van der Waals surface area contributed by atoms with Gasteiger partial charge in [0.25, 0.3) is 0 Å². The molecule has 3 fully saturated rings. The molecule has 1 aromatic heterocycles. The first-order chi connectivity index (χ1) is 17.9. The average Bonchev–Trinajstić information content (AvgIpc) is 3.53. The minimum absolute atomic E-state index is 0.0550. The minimum atomic E-state index is -4.44. The van der Waals surface area contributed by atoms with Gasteiger partial charge >= 0.3 is 12.2 Å². The topological polar surface area (TPSA) is 100 Å². The Morgan fingerprint density at radius 2 is 1.84 bits per heavy atom. The molecule has 38 heavy (non-hydrogen) atoms. The fourth-order valence-corrected chi connectivity index (χ4v) is 6.08. The molecule has 208 valence electrons. The van der Waals surface area contributed by atoms with Crippen molar-refractivity contribution in [3.63, 3.8) is 0 Å². The molecule has 1 aromatic carbocycles. The van der Waals surface area contributed by atoms with Gasteiger partial charge in [-0.25, -0.2) is 13.2 Å². The molecular formula is C24H31F3N6O4S. The van der Waals surface area contributed by atoms with E-state index in [0.29, 0.717) is 52.5 Å². The summed E-state index contributed by atoms with van der Waals surface area (Å²) in [6, 6.07) is 5.22. The number of hydrogen-bond donors (Lipinski definition) is 1. The highest BCUT2D eigenvalue weighted by Gasteiger charge is 2.41. The molecule has 1 amide bonds. The number of ether oxygens (including phenoxy) is 1. The van der Waals surface area contributed by atoms with E-state index in [4.69, 9.17) is 4.74 Å². The molecule has 4 heterocycles. The Kier molecular flexibility index (Phi) is 7.07. The number of nitrogens with zero attached hydrogens (tertiary/aromatic N) is 5. The van der Waals surface area contributed by atoms with Crippen LogP contribution in [0.15, 0.2) is 30.5 Å². The summed E-state index contributed by atoms with van der Waals surface area (Å²) < 4.78 is 73.1. The second kappa shape index (κ2) is 10.0. The number of halogens is 3. The Bertz CT molecular complexity index is 1290. The van der Waals surface area contributed by atoms with Gasteiger partial charge in [-0.3, -0.25) is 9.62 Å². The number of amides is 1. The van der Waals surface area contributed by atoms with Gasteiger partial charge in [-0.2, -0.15) is 17.9 Å². The number of piperazine rings is 1. The lowest BCUT2D eigenvalue weighted by Gasteiger charge is -2.39. The normalized spacial score (nSPS) is 24.6. The van der Waals surface area contributed by atoms with E-state index < -0.39 is 21.8 Å². The third-order valence-corrected chi connectivity index (χ3v) is 7.97. The molecule has 0 bridgehead atoms. The molecule has 10 nitrogen and oxygen atoms in total. The predicted octanol–water partition coefficient (Wildman–Crippen LogP) is 2.53. The quantitative estimate of drug-likeness (QED) is 0.604. The third-order valence-electron chi connectivity index (χ3n) is 7.39. The maximum absolute atomic E-state index is 13.8. The molecule has 5 rings (SSSR count). The van der Waals surface area contributed by atoms with Gasteiger partial charge in [-0.05, 0) is 24.6 Å². The number of rotatable bonds is 5. The minimum Gasteiger partial charge on any atom is -0.381 e. The van der Waals surface area contributed by atoms with Gasteiger partial charge in [0.15, 0.2) is 5.82 Å². The van der Waals surface area contributed by atoms with Crippen LogP contribution in [0.25, 0.3) is 0 Å². The maximum atomic E-state index is 13.8. The predicted molar refractivity (Wildman–Crippen MR) is 134 cm³/mol. The molecular weight excluding hydrogens is 525 g/mol. The van der Waals surface area contributed by atoms with Crippen LogP contribution in [0.4, 0.5) is 29.5 Å². The third kappa shape index (κ3) is 5.76. The summed E-state index contributed by atoms with van der Waals surface area (Å²) in [5, 5.41) is 4.01. The molecule has 0 aliphatic carbocycles. The number of nitrogens with one attached hydrogen (secondary N) is 1. The number of aromatic nitrogens is 2. The standard InChI is InChI=1S/C24H31F3N6O4S/c1-16-10-30(7-8-32(16)23(34)33-6-5-22(28-33)29-38(2,35)36)11-17-3-4-20(24(25,26)27)21(9-17)31-12-18-14-37-15-19(18)13-31/h3-6,9,16,18-19H,7-8,10-15H2,1-2H3,(H,28,29)/t16-,18?,19?/m1/s1. The molecule has 3 aliphatic rings. The molecule has 0 spiro atoms. The van der Waals surface area contributed by atoms with E-state index in [0.717, 1.165) is 16.5 Å². The lowest BCUT2D eigenvalue weighted by Crippen LogP contribution is -2.54. The van der Waals surface area contributed by atoms with Crippen molar-refractivity contribution in [1.29, 1.82) is 0 Å². The number of anilines is 2. The van der Waals surface area contributed by atoms with Crippen LogP contribution in [0, 0.1) is 11.8 Å². The fourth-order valence-electron chi connectivity index (χ4n) is 5.59. The van der Waals surface area contributed by atoms with E-state index in [2.05, 4.69) is 14.7 Å². The van der Waals surface area contributed by atoms with Crippen molar-refractivity contribution >= 4 is 27.6 Å². The molecule has 3 aliphatic heterocycles. The van der Waals surface area contributed by atoms with Crippen molar-refractivity contribution < 1.29 is 31.1 Å². The van der Waals surface area contributed by atoms with Gasteiger partial charge in [0.2, 0.25) is 10.0 Å². The van der Waals surface area contributed by atoms with Gasteiger partial charge in [0.1, 0.15) is 0 Å². The molecule has 0 radical (unpaired) electrons. The summed E-state index contributed by atoms with van der Waals surface area (Å²) in [4.78, 5) is 18.6. The largest absolute Gasteiger partial charge is 0.418 e. The first-order valence-corrected chi connectivity index (χ1v) is 14.4. The SMILES string of the molecule is C[C@@H]1CN(Cc2ccc(C(F)(F)F)c(N3CC4COCC4C3)c2)CCN1C(=O)n1ccc(NS(C)(=O)=O)n1. The van der Waals surface area contributed by atoms with Gasteiger partial charge in [-0.15, -0.1) is 5.10 Å². The summed E-state index contributed by atoms with van der Waals surface area (Å²) in [5.41, 5.74) is 0.398. The molecule has 2 aromatic rings. The molecule has 1 N–H and O–H groups in total. The Hall–Kier alpha value is -2.84. The highest BCUT2D eigenvalue weighted by atomic mass is 32.2. The van der Waals surface area contributed by atoms with Crippen molar-refractivity contribution in [2.45, 2.75) is 25.7 Å². The summed E-state index contributed by atoms with van der Waals surface area (Å²) in [7, 11) is -3.51. The zero-order chi connectivity index (χ0) is 27.2. The van der Waals surface area contributed by atoms with Crippen molar-refractivity contribution in [3.05, 3.63) is 41.6 Å². The van der Waals surface area contributed by atoms with Gasteiger partial charge in [0, 0.05) is 75.1 Å². The van der Waals surface area contributed by atoms with Crippen LogP contribution in [-0.4, -0.2) is 92.3 Å². The fraction of sp³-hybridized carbons (Fsp3) is 0.583. The van der Waals surface area contributed by atoms with Crippen molar-refractivity contribution in [1.82, 2.24) is 19.6 Å². The zero-order valence-corrected chi connectivity index (χ0v) is 22.0.